The van der Waals surface area contributed by atoms with Crippen LogP contribution in [0, 0.1) is 0 Å². The van der Waals surface area contributed by atoms with Crippen LogP contribution < -0.4 is 4.74 Å². The number of sulfone groups is 1. The van der Waals surface area contributed by atoms with Crippen molar-refractivity contribution in [1.29, 1.82) is 0 Å². The molecule has 0 aliphatic carbocycles. The summed E-state index contributed by atoms with van der Waals surface area (Å²) in [5.74, 6) is 0.477. The van der Waals surface area contributed by atoms with Crippen LogP contribution in [0.4, 0.5) is 0 Å². The van der Waals surface area contributed by atoms with E-state index in [1.807, 2.05) is 26.0 Å². The molecule has 33 heavy (non-hydrogen) atoms. The zero-order chi connectivity index (χ0) is 24.2. The lowest BCUT2D eigenvalue weighted by atomic mass is 9.98. The molecule has 0 spiro atoms. The Morgan fingerprint density at radius 1 is 0.939 bits per heavy atom. The molecule has 1 aromatic heterocycles. The predicted molar refractivity (Wildman–Crippen MR) is 131 cm³/mol. The van der Waals surface area contributed by atoms with E-state index in [2.05, 4.69) is 4.98 Å². The first kappa shape index (κ1) is 25.2. The molecule has 5 nitrogen and oxygen atoms in total. The number of nitrogens with zero attached hydrogens (tertiary/aromatic N) is 1. The molecule has 0 amide bonds. The van der Waals surface area contributed by atoms with Gasteiger partial charge in [-0.1, -0.05) is 54.4 Å². The number of halogens is 2. The van der Waals surface area contributed by atoms with Gasteiger partial charge in [0.15, 0.2) is 9.84 Å². The zero-order valence-corrected chi connectivity index (χ0v) is 21.0. The summed E-state index contributed by atoms with van der Waals surface area (Å²) in [4.78, 5) is 17.1. The van der Waals surface area contributed by atoms with E-state index in [1.165, 1.54) is 0 Å². The lowest BCUT2D eigenvalue weighted by molar-refractivity contribution is -0.117. The average Bonchev–Trinajstić information content (AvgIpc) is 2.77. The lowest BCUT2D eigenvalue weighted by Crippen LogP contribution is -2.25. The van der Waals surface area contributed by atoms with Crippen LogP contribution in [-0.4, -0.2) is 24.9 Å². The van der Waals surface area contributed by atoms with Gasteiger partial charge in [-0.3, -0.25) is 4.79 Å². The van der Waals surface area contributed by atoms with Gasteiger partial charge in [-0.15, -0.1) is 0 Å². The van der Waals surface area contributed by atoms with E-state index >= 15 is 0 Å². The van der Waals surface area contributed by atoms with Crippen LogP contribution in [0.15, 0.2) is 65.7 Å². The minimum absolute atomic E-state index is 0.00713. The number of hydrogen-bond donors (Lipinski definition) is 0. The highest BCUT2D eigenvalue weighted by Gasteiger charge is 2.24. The van der Waals surface area contributed by atoms with Crippen LogP contribution >= 0.6 is 23.2 Å². The minimum Gasteiger partial charge on any atom is -0.467 e. The highest BCUT2D eigenvalue weighted by Crippen LogP contribution is 2.31. The van der Waals surface area contributed by atoms with Gasteiger partial charge >= 0.3 is 0 Å². The van der Waals surface area contributed by atoms with Crippen molar-refractivity contribution in [2.45, 2.75) is 44.1 Å². The monoisotopic (exact) mass is 505 g/mol. The highest BCUT2D eigenvalue weighted by molar-refractivity contribution is 7.91. The number of pyridine rings is 1. The first-order chi connectivity index (χ1) is 15.5. The smallest absolute Gasteiger partial charge is 0.214 e. The van der Waals surface area contributed by atoms with Crippen molar-refractivity contribution in [2.24, 2.45) is 0 Å². The van der Waals surface area contributed by atoms with Gasteiger partial charge in [0.2, 0.25) is 5.88 Å². The average molecular weight is 506 g/mol. The van der Waals surface area contributed by atoms with Crippen LogP contribution in [-0.2, 0) is 33.1 Å². The number of carbonyl (C=O) groups excluding carboxylic acids is 1. The molecule has 0 aliphatic rings. The summed E-state index contributed by atoms with van der Waals surface area (Å²) in [6, 6.07) is 15.3. The van der Waals surface area contributed by atoms with Gasteiger partial charge in [0.1, 0.15) is 11.4 Å². The number of benzene rings is 2. The third kappa shape index (κ3) is 6.56. The van der Waals surface area contributed by atoms with Crippen molar-refractivity contribution >= 4 is 38.8 Å². The van der Waals surface area contributed by atoms with E-state index < -0.39 is 15.4 Å². The fourth-order valence-corrected chi connectivity index (χ4v) is 4.45. The largest absolute Gasteiger partial charge is 0.467 e. The number of hydrogen-bond acceptors (Lipinski definition) is 5. The molecule has 0 radical (unpaired) electrons. The number of aromatic nitrogens is 1. The van der Waals surface area contributed by atoms with Crippen LogP contribution in [0.2, 0.25) is 10.0 Å². The molecule has 0 N–H and O–H groups in total. The number of ketones is 1. The Kier molecular flexibility index (Phi) is 7.83. The Bertz CT molecular complexity index is 1240. The normalized spacial score (nSPS) is 11.9. The molecule has 174 valence electrons. The predicted octanol–water partition coefficient (Wildman–Crippen LogP) is 5.85. The van der Waals surface area contributed by atoms with E-state index in [-0.39, 0.29) is 29.3 Å². The SMILES string of the molecule is CCS(=O)(=O)c1ccc(CC(=O)Cc2ccc(OC(C)(C)c3ccc(Cl)c(Cl)c3)nc2)cc1. The van der Waals surface area contributed by atoms with Crippen molar-refractivity contribution < 1.29 is 17.9 Å². The molecule has 0 saturated heterocycles. The maximum absolute atomic E-state index is 12.5. The Labute approximate surface area is 204 Å². The standard InChI is InChI=1S/C25H25Cl2NO4S/c1-4-33(30,31)21-9-5-17(6-10-21)13-20(29)14-18-7-12-24(28-16-18)32-25(2,3)19-8-11-22(26)23(27)15-19/h5-12,15-16H,4,13-14H2,1-3H3. The topological polar surface area (TPSA) is 73.3 Å². The van der Waals surface area contributed by atoms with Crippen LogP contribution in [0.3, 0.4) is 0 Å². The fraction of sp³-hybridized carbons (Fsp3) is 0.280. The van der Waals surface area contributed by atoms with Crippen molar-refractivity contribution in [3.63, 3.8) is 0 Å². The third-order valence-electron chi connectivity index (χ3n) is 5.24. The van der Waals surface area contributed by atoms with E-state index in [9.17, 15) is 13.2 Å². The Morgan fingerprint density at radius 2 is 1.58 bits per heavy atom. The first-order valence-electron chi connectivity index (χ1n) is 10.4. The summed E-state index contributed by atoms with van der Waals surface area (Å²) in [7, 11) is -3.25. The maximum Gasteiger partial charge on any atom is 0.214 e. The van der Waals surface area contributed by atoms with Crippen LogP contribution in [0.25, 0.3) is 0 Å². The molecule has 0 unspecified atom stereocenters. The molecule has 0 bridgehead atoms. The third-order valence-corrected chi connectivity index (χ3v) is 7.73. The van der Waals surface area contributed by atoms with Gasteiger partial charge in [-0.2, -0.15) is 0 Å². The van der Waals surface area contributed by atoms with Gasteiger partial charge in [-0.25, -0.2) is 13.4 Å². The molecule has 8 heteroatoms. The highest BCUT2D eigenvalue weighted by atomic mass is 35.5. The summed E-state index contributed by atoms with van der Waals surface area (Å²) in [5.41, 5.74) is 1.71. The molecule has 0 atom stereocenters. The molecule has 2 aromatic carbocycles. The van der Waals surface area contributed by atoms with Gasteiger partial charge in [0.25, 0.3) is 0 Å². The fourth-order valence-electron chi connectivity index (χ4n) is 3.27. The molecular formula is C25H25Cl2NO4S. The number of carbonyl (C=O) groups is 1. The van der Waals surface area contributed by atoms with Gasteiger partial charge in [-0.05, 0) is 54.8 Å². The number of Topliss-reactive ketones (excluding diaryl/α,β-unsaturated/α-hetero) is 1. The summed E-state index contributed by atoms with van der Waals surface area (Å²) >= 11 is 12.1. The number of rotatable bonds is 9. The van der Waals surface area contributed by atoms with Gasteiger partial charge < -0.3 is 4.74 Å². The lowest BCUT2D eigenvalue weighted by Gasteiger charge is -2.26. The molecule has 3 aromatic rings. The van der Waals surface area contributed by atoms with Crippen molar-refractivity contribution in [2.75, 3.05) is 5.75 Å². The van der Waals surface area contributed by atoms with Crippen molar-refractivity contribution in [3.8, 4) is 5.88 Å². The minimum atomic E-state index is -3.25. The molecule has 1 heterocycles. The first-order valence-corrected chi connectivity index (χ1v) is 12.8. The Morgan fingerprint density at radius 3 is 2.15 bits per heavy atom. The Hall–Kier alpha value is -2.41. The maximum atomic E-state index is 12.5. The van der Waals surface area contributed by atoms with Gasteiger partial charge in [0.05, 0.1) is 20.7 Å². The van der Waals surface area contributed by atoms with Crippen molar-refractivity contribution in [3.05, 3.63) is 87.5 Å². The molecular weight excluding hydrogens is 481 g/mol. The summed E-state index contributed by atoms with van der Waals surface area (Å²) < 4.78 is 29.8. The summed E-state index contributed by atoms with van der Waals surface area (Å²) in [5, 5.41) is 0.930. The summed E-state index contributed by atoms with van der Waals surface area (Å²) in [6.45, 7) is 5.41. The van der Waals surface area contributed by atoms with Gasteiger partial charge in [0, 0.05) is 25.1 Å². The quantitative estimate of drug-likeness (QED) is 0.364. The summed E-state index contributed by atoms with van der Waals surface area (Å²) in [6.07, 6.45) is 2.06. The van der Waals surface area contributed by atoms with E-state index in [0.717, 1.165) is 16.7 Å². The second-order valence-corrected chi connectivity index (χ2v) is 11.3. The molecule has 0 aliphatic heterocycles. The van der Waals surface area contributed by atoms with E-state index in [4.69, 9.17) is 27.9 Å². The van der Waals surface area contributed by atoms with E-state index in [0.29, 0.717) is 15.9 Å². The second-order valence-electron chi connectivity index (χ2n) is 8.19. The zero-order valence-electron chi connectivity index (χ0n) is 18.6. The van der Waals surface area contributed by atoms with Crippen LogP contribution in [0.1, 0.15) is 37.5 Å². The number of ether oxygens (including phenoxy) is 1. The van der Waals surface area contributed by atoms with Crippen molar-refractivity contribution in [1.82, 2.24) is 4.98 Å². The molecule has 3 rings (SSSR count). The second kappa shape index (κ2) is 10.2. The Balaban J connectivity index is 1.61. The van der Waals surface area contributed by atoms with E-state index in [1.54, 1.807) is 55.6 Å². The van der Waals surface area contributed by atoms with Crippen LogP contribution in [0.5, 0.6) is 5.88 Å². The molecule has 0 saturated carbocycles. The molecule has 0 fully saturated rings.